The van der Waals surface area contributed by atoms with Gasteiger partial charge in [0, 0.05) is 41.7 Å². The monoisotopic (exact) mass is 464 g/mol. The lowest BCUT2D eigenvalue weighted by Gasteiger charge is -2.43. The van der Waals surface area contributed by atoms with Crippen LogP contribution in [0.2, 0.25) is 0 Å². The van der Waals surface area contributed by atoms with Crippen LogP contribution in [0.5, 0.6) is 0 Å². The second-order valence-electron chi connectivity index (χ2n) is 8.48. The molecule has 34 heavy (non-hydrogen) atoms. The number of hydrogen-bond acceptors (Lipinski definition) is 5. The highest BCUT2D eigenvalue weighted by atomic mass is 19.4. The van der Waals surface area contributed by atoms with Gasteiger partial charge in [-0.2, -0.15) is 18.4 Å². The van der Waals surface area contributed by atoms with Gasteiger partial charge in [0.1, 0.15) is 17.3 Å². The van der Waals surface area contributed by atoms with Crippen LogP contribution in [0.15, 0.2) is 71.2 Å². The van der Waals surface area contributed by atoms with Crippen LogP contribution in [-0.2, 0) is 21.2 Å². The zero-order valence-electron chi connectivity index (χ0n) is 18.1. The maximum atomic E-state index is 13.8. The number of nitriles is 1. The minimum absolute atomic E-state index is 0.0749. The molecule has 0 radical (unpaired) electrons. The predicted molar refractivity (Wildman–Crippen MR) is 118 cm³/mol. The van der Waals surface area contributed by atoms with Crippen LogP contribution in [0.1, 0.15) is 30.4 Å². The van der Waals surface area contributed by atoms with Crippen molar-refractivity contribution in [2.75, 3.05) is 16.8 Å². The van der Waals surface area contributed by atoms with Crippen LogP contribution >= 0.6 is 0 Å². The Balaban J connectivity index is 1.82. The molecule has 0 saturated heterocycles. The first kappa shape index (κ1) is 21.8. The minimum atomic E-state index is -4.51. The normalized spacial score (nSPS) is 22.3. The van der Waals surface area contributed by atoms with Crippen LogP contribution in [0.25, 0.3) is 0 Å². The Labute approximate surface area is 193 Å². The zero-order valence-corrected chi connectivity index (χ0v) is 18.1. The molecule has 1 spiro atoms. The fraction of sp³-hybridized carbons (Fsp3) is 0.240. The fourth-order valence-corrected chi connectivity index (χ4v) is 5.33. The summed E-state index contributed by atoms with van der Waals surface area (Å²) in [6.07, 6.45) is -3.45. The van der Waals surface area contributed by atoms with Crippen molar-refractivity contribution < 1.29 is 22.8 Å². The van der Waals surface area contributed by atoms with Crippen LogP contribution in [0.4, 0.5) is 24.5 Å². The molecule has 0 saturated carbocycles. The predicted octanol–water partition coefficient (Wildman–Crippen LogP) is 4.14. The minimum Gasteiger partial charge on any atom is -0.384 e. The molecule has 172 valence electrons. The Kier molecular flexibility index (Phi) is 4.62. The molecule has 5 rings (SSSR count). The largest absolute Gasteiger partial charge is 0.416 e. The summed E-state index contributed by atoms with van der Waals surface area (Å²) in [5.74, 6) is -0.811. The van der Waals surface area contributed by atoms with E-state index in [0.717, 1.165) is 12.1 Å². The highest BCUT2D eigenvalue weighted by molar-refractivity contribution is 6.20. The molecular formula is C25H19F3N4O2. The number of alkyl halides is 3. The van der Waals surface area contributed by atoms with E-state index >= 15 is 0 Å². The quantitative estimate of drug-likeness (QED) is 0.685. The number of rotatable bonds is 1. The number of nitrogens with zero attached hydrogens (tertiary/aromatic N) is 3. The molecule has 3 aliphatic rings. The molecule has 2 N–H and O–H groups in total. The van der Waals surface area contributed by atoms with Crippen molar-refractivity contribution in [1.29, 1.82) is 5.26 Å². The summed E-state index contributed by atoms with van der Waals surface area (Å²) < 4.78 is 39.3. The lowest BCUT2D eigenvalue weighted by atomic mass is 9.64. The van der Waals surface area contributed by atoms with Gasteiger partial charge in [-0.15, -0.1) is 0 Å². The molecule has 9 heteroatoms. The topological polar surface area (TPSA) is 90.4 Å². The van der Waals surface area contributed by atoms with E-state index in [2.05, 4.69) is 6.07 Å². The molecule has 1 amide bonds. The number of benzene rings is 2. The number of hydrogen-bond donors (Lipinski definition) is 1. The van der Waals surface area contributed by atoms with Crippen molar-refractivity contribution >= 4 is 23.1 Å². The zero-order chi connectivity index (χ0) is 24.4. The number of anilines is 2. The SMILES string of the molecule is CN1C(=O)[C@]2(C(C#N)=C(N)N(c3ccc(C(F)(F)F)cc3)C3=C2C(=O)CCC3)c2ccccc21. The Morgan fingerprint density at radius 2 is 1.74 bits per heavy atom. The summed E-state index contributed by atoms with van der Waals surface area (Å²) >= 11 is 0. The molecule has 0 fully saturated rings. The number of halogens is 3. The fourth-order valence-electron chi connectivity index (χ4n) is 5.33. The van der Waals surface area contributed by atoms with Crippen molar-refractivity contribution in [1.82, 2.24) is 0 Å². The molecular weight excluding hydrogens is 445 g/mol. The van der Waals surface area contributed by atoms with E-state index in [1.165, 1.54) is 21.9 Å². The summed E-state index contributed by atoms with van der Waals surface area (Å²) in [4.78, 5) is 30.1. The molecule has 1 aliphatic carbocycles. The van der Waals surface area contributed by atoms with Crippen LogP contribution in [-0.4, -0.2) is 18.7 Å². The number of carbonyl (C=O) groups is 2. The van der Waals surface area contributed by atoms with Gasteiger partial charge in [0.15, 0.2) is 5.78 Å². The van der Waals surface area contributed by atoms with Gasteiger partial charge in [-0.1, -0.05) is 18.2 Å². The van der Waals surface area contributed by atoms with Crippen molar-refractivity contribution in [3.8, 4) is 6.07 Å². The maximum Gasteiger partial charge on any atom is 0.416 e. The number of carbonyl (C=O) groups excluding carboxylic acids is 2. The summed E-state index contributed by atoms with van der Waals surface area (Å²) in [5.41, 5.74) is 5.84. The Morgan fingerprint density at radius 1 is 1.06 bits per heavy atom. The van der Waals surface area contributed by atoms with Gasteiger partial charge in [0.05, 0.1) is 11.1 Å². The summed E-state index contributed by atoms with van der Waals surface area (Å²) in [5, 5.41) is 10.2. The standard InChI is InChI=1S/C25H19F3N4O2/c1-31-18-6-3-2-5-16(18)24(23(31)34)17(13-29)22(30)32(19-7-4-8-20(33)21(19)24)15-11-9-14(10-12-15)25(26,27)28/h2-3,5-6,9-12H,4,7-8,30H2,1H3/t24-/m0/s1. The van der Waals surface area contributed by atoms with Gasteiger partial charge in [-0.25, -0.2) is 0 Å². The van der Waals surface area contributed by atoms with E-state index in [4.69, 9.17) is 5.73 Å². The third kappa shape index (κ3) is 2.68. The van der Waals surface area contributed by atoms with Crippen molar-refractivity contribution in [3.63, 3.8) is 0 Å². The number of para-hydroxylation sites is 1. The van der Waals surface area contributed by atoms with E-state index in [-0.39, 0.29) is 34.9 Å². The van der Waals surface area contributed by atoms with Crippen LogP contribution in [0, 0.1) is 11.3 Å². The molecule has 2 aromatic rings. The lowest BCUT2D eigenvalue weighted by molar-refractivity contribution is -0.137. The molecule has 6 nitrogen and oxygen atoms in total. The number of nitrogens with two attached hydrogens (primary N) is 1. The second kappa shape index (κ2) is 7.22. The van der Waals surface area contributed by atoms with Crippen molar-refractivity contribution in [3.05, 3.63) is 82.3 Å². The van der Waals surface area contributed by atoms with Gasteiger partial charge in [0.2, 0.25) is 5.91 Å². The van der Waals surface area contributed by atoms with Crippen molar-refractivity contribution in [2.24, 2.45) is 5.73 Å². The molecule has 1 atom stereocenters. The highest BCUT2D eigenvalue weighted by Crippen LogP contribution is 2.56. The highest BCUT2D eigenvalue weighted by Gasteiger charge is 2.61. The first-order valence-corrected chi connectivity index (χ1v) is 10.7. The van der Waals surface area contributed by atoms with Gasteiger partial charge in [-0.05, 0) is 43.2 Å². The molecule has 2 aliphatic heterocycles. The number of likely N-dealkylation sites (N-methyl/N-ethyl adjacent to an activating group) is 1. The Bertz CT molecular complexity index is 1350. The van der Waals surface area contributed by atoms with Gasteiger partial charge in [-0.3, -0.25) is 14.5 Å². The van der Waals surface area contributed by atoms with E-state index in [1.54, 1.807) is 31.3 Å². The van der Waals surface area contributed by atoms with Gasteiger partial charge < -0.3 is 10.6 Å². The van der Waals surface area contributed by atoms with Crippen LogP contribution < -0.4 is 15.5 Å². The number of Topliss-reactive ketones (excluding diaryl/α,β-unsaturated/α-hetero) is 1. The third-order valence-corrected chi connectivity index (χ3v) is 6.76. The van der Waals surface area contributed by atoms with E-state index in [1.807, 2.05) is 0 Å². The number of allylic oxidation sites excluding steroid dienone is 1. The van der Waals surface area contributed by atoms with Crippen molar-refractivity contribution in [2.45, 2.75) is 30.9 Å². The maximum absolute atomic E-state index is 13.8. The summed E-state index contributed by atoms with van der Waals surface area (Å²) in [6, 6.07) is 13.4. The van der Waals surface area contributed by atoms with E-state index in [9.17, 15) is 28.0 Å². The number of fused-ring (bicyclic) bond motifs is 3. The second-order valence-corrected chi connectivity index (χ2v) is 8.48. The molecule has 2 aromatic carbocycles. The van der Waals surface area contributed by atoms with Gasteiger partial charge >= 0.3 is 6.18 Å². The van der Waals surface area contributed by atoms with Gasteiger partial charge in [0.25, 0.3) is 0 Å². The Hall–Kier alpha value is -4.06. The summed E-state index contributed by atoms with van der Waals surface area (Å²) in [7, 11) is 1.58. The number of amides is 1. The average Bonchev–Trinajstić information content (AvgIpc) is 3.02. The van der Waals surface area contributed by atoms with E-state index < -0.39 is 23.1 Å². The third-order valence-electron chi connectivity index (χ3n) is 6.76. The average molecular weight is 464 g/mol. The van der Waals surface area contributed by atoms with Crippen LogP contribution in [0.3, 0.4) is 0 Å². The first-order valence-electron chi connectivity index (χ1n) is 10.7. The molecule has 0 aromatic heterocycles. The number of ketones is 1. The molecule has 0 bridgehead atoms. The Morgan fingerprint density at radius 3 is 2.38 bits per heavy atom. The smallest absolute Gasteiger partial charge is 0.384 e. The molecule has 0 unspecified atom stereocenters. The lowest BCUT2D eigenvalue weighted by Crippen LogP contribution is -2.52. The first-order chi connectivity index (χ1) is 16.1. The summed E-state index contributed by atoms with van der Waals surface area (Å²) in [6.45, 7) is 0. The molecule has 2 heterocycles. The van der Waals surface area contributed by atoms with E-state index in [0.29, 0.717) is 29.8 Å².